The van der Waals surface area contributed by atoms with E-state index in [1.54, 1.807) is 36.4 Å². The van der Waals surface area contributed by atoms with Crippen molar-refractivity contribution in [3.8, 4) is 21.0 Å². The maximum Gasteiger partial charge on any atom is 0.261 e. The van der Waals surface area contributed by atoms with Crippen molar-refractivity contribution in [2.45, 2.75) is 5.03 Å². The lowest BCUT2D eigenvalue weighted by Crippen LogP contribution is -2.23. The highest BCUT2D eigenvalue weighted by atomic mass is 35.5. The summed E-state index contributed by atoms with van der Waals surface area (Å²) in [7, 11) is -0.849. The van der Waals surface area contributed by atoms with Gasteiger partial charge in [-0.3, -0.25) is 0 Å². The summed E-state index contributed by atoms with van der Waals surface area (Å²) in [4.78, 5) is 4.82. The minimum Gasteiger partial charge on any atom is -0.222 e. The standard InChI is InChI=1S/C17H14ClFN2O2S2/c1-21(2)25(22,23)17-15(11-5-9-14(19)10-6-11)24-16(20-17)12-3-7-13(18)8-4-12/h3-10H,1-2H3. The second-order valence-corrected chi connectivity index (χ2v) is 8.96. The molecule has 0 spiro atoms. The van der Waals surface area contributed by atoms with Gasteiger partial charge in [0, 0.05) is 24.7 Å². The van der Waals surface area contributed by atoms with Crippen LogP contribution in [0.15, 0.2) is 53.6 Å². The average Bonchev–Trinajstić information content (AvgIpc) is 3.02. The van der Waals surface area contributed by atoms with Crippen LogP contribution in [-0.2, 0) is 10.0 Å². The van der Waals surface area contributed by atoms with Gasteiger partial charge in [-0.1, -0.05) is 35.9 Å². The predicted molar refractivity (Wildman–Crippen MR) is 98.8 cm³/mol. The van der Waals surface area contributed by atoms with E-state index in [0.29, 0.717) is 20.5 Å². The Labute approximate surface area is 154 Å². The maximum atomic E-state index is 13.2. The first-order valence-electron chi connectivity index (χ1n) is 7.24. The van der Waals surface area contributed by atoms with E-state index in [0.717, 1.165) is 9.87 Å². The van der Waals surface area contributed by atoms with E-state index in [9.17, 15) is 12.8 Å². The first kappa shape index (κ1) is 18.0. The second kappa shape index (κ2) is 6.84. The minimum absolute atomic E-state index is 0.0425. The van der Waals surface area contributed by atoms with Crippen LogP contribution in [0, 0.1) is 5.82 Å². The Morgan fingerprint density at radius 2 is 1.56 bits per heavy atom. The first-order valence-corrected chi connectivity index (χ1v) is 9.88. The number of thiazole rings is 1. The van der Waals surface area contributed by atoms with Gasteiger partial charge in [0.05, 0.1) is 4.88 Å². The molecular weight excluding hydrogens is 383 g/mol. The van der Waals surface area contributed by atoms with E-state index in [2.05, 4.69) is 4.98 Å². The molecular formula is C17H14ClFN2O2S2. The van der Waals surface area contributed by atoms with Gasteiger partial charge in [-0.15, -0.1) is 11.3 Å². The van der Waals surface area contributed by atoms with Crippen LogP contribution in [0.25, 0.3) is 21.0 Å². The zero-order valence-corrected chi connectivity index (χ0v) is 15.8. The van der Waals surface area contributed by atoms with Crippen LogP contribution in [0.4, 0.5) is 4.39 Å². The van der Waals surface area contributed by atoms with Crippen molar-refractivity contribution in [1.29, 1.82) is 0 Å². The van der Waals surface area contributed by atoms with Gasteiger partial charge in [0.25, 0.3) is 10.0 Å². The van der Waals surface area contributed by atoms with E-state index in [1.165, 1.54) is 37.6 Å². The lowest BCUT2D eigenvalue weighted by molar-refractivity contribution is 0.518. The zero-order chi connectivity index (χ0) is 18.2. The molecule has 0 unspecified atom stereocenters. The summed E-state index contributed by atoms with van der Waals surface area (Å²) in [6.07, 6.45) is 0. The summed E-state index contributed by atoms with van der Waals surface area (Å²) < 4.78 is 39.7. The molecule has 1 heterocycles. The number of halogens is 2. The molecule has 2 aromatic carbocycles. The van der Waals surface area contributed by atoms with E-state index in [-0.39, 0.29) is 10.8 Å². The number of rotatable bonds is 4. The molecule has 130 valence electrons. The molecule has 1 aromatic heterocycles. The number of benzene rings is 2. The molecule has 0 fully saturated rings. The Morgan fingerprint density at radius 3 is 2.12 bits per heavy atom. The SMILES string of the molecule is CN(C)S(=O)(=O)c1nc(-c2ccc(Cl)cc2)sc1-c1ccc(F)cc1. The quantitative estimate of drug-likeness (QED) is 0.651. The third-order valence-corrected chi connectivity index (χ3v) is 6.80. The van der Waals surface area contributed by atoms with Crippen LogP contribution in [0.5, 0.6) is 0 Å². The van der Waals surface area contributed by atoms with Gasteiger partial charge in [0.15, 0.2) is 5.03 Å². The fraction of sp³-hybridized carbons (Fsp3) is 0.118. The lowest BCUT2D eigenvalue weighted by Gasteiger charge is -2.10. The van der Waals surface area contributed by atoms with Crippen molar-refractivity contribution in [2.75, 3.05) is 14.1 Å². The normalized spacial score (nSPS) is 11.9. The van der Waals surface area contributed by atoms with Gasteiger partial charge in [0.1, 0.15) is 10.8 Å². The van der Waals surface area contributed by atoms with Crippen molar-refractivity contribution < 1.29 is 12.8 Å². The summed E-state index contributed by atoms with van der Waals surface area (Å²) in [5, 5.41) is 1.09. The van der Waals surface area contributed by atoms with Gasteiger partial charge in [-0.2, -0.15) is 0 Å². The Hall–Kier alpha value is -1.80. The van der Waals surface area contributed by atoms with Gasteiger partial charge in [-0.25, -0.2) is 22.1 Å². The van der Waals surface area contributed by atoms with Crippen molar-refractivity contribution >= 4 is 33.0 Å². The first-order chi connectivity index (χ1) is 11.8. The third kappa shape index (κ3) is 3.59. The fourth-order valence-corrected chi connectivity index (χ4v) is 4.65. The Bertz CT molecular complexity index is 998. The second-order valence-electron chi connectivity index (χ2n) is 5.45. The summed E-state index contributed by atoms with van der Waals surface area (Å²) in [5.74, 6) is -0.386. The van der Waals surface area contributed by atoms with E-state index in [1.807, 2.05) is 0 Å². The highest BCUT2D eigenvalue weighted by Crippen LogP contribution is 2.38. The van der Waals surface area contributed by atoms with Gasteiger partial charge in [-0.05, 0) is 29.8 Å². The van der Waals surface area contributed by atoms with Crippen LogP contribution < -0.4 is 0 Å². The van der Waals surface area contributed by atoms with E-state index < -0.39 is 10.0 Å². The summed E-state index contributed by atoms with van der Waals surface area (Å²) in [6, 6.07) is 12.7. The minimum atomic E-state index is -3.75. The van der Waals surface area contributed by atoms with Crippen LogP contribution in [0.2, 0.25) is 5.02 Å². The Morgan fingerprint density at radius 1 is 1.00 bits per heavy atom. The fourth-order valence-electron chi connectivity index (χ4n) is 2.15. The zero-order valence-electron chi connectivity index (χ0n) is 13.4. The van der Waals surface area contributed by atoms with Crippen LogP contribution in [-0.4, -0.2) is 31.8 Å². The van der Waals surface area contributed by atoms with Crippen molar-refractivity contribution in [1.82, 2.24) is 9.29 Å². The molecule has 3 aromatic rings. The molecule has 25 heavy (non-hydrogen) atoms. The molecule has 0 aliphatic rings. The molecule has 0 aliphatic carbocycles. The van der Waals surface area contributed by atoms with E-state index in [4.69, 9.17) is 11.6 Å². The third-order valence-electron chi connectivity index (χ3n) is 3.52. The topological polar surface area (TPSA) is 50.3 Å². The van der Waals surface area contributed by atoms with Crippen molar-refractivity contribution in [3.05, 3.63) is 59.4 Å². The summed E-state index contributed by atoms with van der Waals surface area (Å²) in [5.41, 5.74) is 1.36. The number of sulfonamides is 1. The van der Waals surface area contributed by atoms with Crippen molar-refractivity contribution in [2.24, 2.45) is 0 Å². The molecule has 0 aliphatic heterocycles. The molecule has 0 radical (unpaired) electrons. The predicted octanol–water partition coefficient (Wildman–Crippen LogP) is 4.52. The number of hydrogen-bond donors (Lipinski definition) is 0. The maximum absolute atomic E-state index is 13.2. The highest BCUT2D eigenvalue weighted by Gasteiger charge is 2.27. The average molecular weight is 397 g/mol. The van der Waals surface area contributed by atoms with Crippen LogP contribution >= 0.6 is 22.9 Å². The molecule has 4 nitrogen and oxygen atoms in total. The molecule has 8 heteroatoms. The molecule has 0 atom stereocenters. The molecule has 0 saturated heterocycles. The molecule has 0 amide bonds. The monoisotopic (exact) mass is 396 g/mol. The van der Waals surface area contributed by atoms with Gasteiger partial charge in [0.2, 0.25) is 0 Å². The molecule has 0 N–H and O–H groups in total. The highest BCUT2D eigenvalue weighted by molar-refractivity contribution is 7.89. The van der Waals surface area contributed by atoms with Crippen molar-refractivity contribution in [3.63, 3.8) is 0 Å². The molecule has 3 rings (SSSR count). The lowest BCUT2D eigenvalue weighted by atomic mass is 10.2. The molecule has 0 bridgehead atoms. The van der Waals surface area contributed by atoms with Crippen LogP contribution in [0.3, 0.4) is 0 Å². The van der Waals surface area contributed by atoms with Gasteiger partial charge < -0.3 is 0 Å². The number of aromatic nitrogens is 1. The summed E-state index contributed by atoms with van der Waals surface area (Å²) in [6.45, 7) is 0. The Balaban J connectivity index is 2.21. The van der Waals surface area contributed by atoms with E-state index >= 15 is 0 Å². The van der Waals surface area contributed by atoms with Gasteiger partial charge >= 0.3 is 0 Å². The molecule has 0 saturated carbocycles. The number of nitrogens with zero attached hydrogens (tertiary/aromatic N) is 2. The van der Waals surface area contributed by atoms with Crippen LogP contribution in [0.1, 0.15) is 0 Å². The number of hydrogen-bond acceptors (Lipinski definition) is 4. The Kier molecular flexibility index (Phi) is 4.92. The summed E-state index contributed by atoms with van der Waals surface area (Å²) >= 11 is 7.14. The largest absolute Gasteiger partial charge is 0.261 e. The smallest absolute Gasteiger partial charge is 0.222 e.